The van der Waals surface area contributed by atoms with Crippen molar-refractivity contribution in [3.8, 4) is 0 Å². The molecule has 0 fully saturated rings. The average molecular weight is 974 g/mol. The third-order valence-corrected chi connectivity index (χ3v) is 14.8. The Morgan fingerprint density at radius 1 is 0.319 bits per heavy atom. The summed E-state index contributed by atoms with van der Waals surface area (Å²) < 4.78 is 10.7. The molecule has 0 aliphatic heterocycles. The van der Waals surface area contributed by atoms with Gasteiger partial charge in [-0.15, -0.1) is 0 Å². The van der Waals surface area contributed by atoms with Gasteiger partial charge in [0.05, 0.1) is 6.61 Å². The maximum absolute atomic E-state index is 12.3. The molecule has 0 amide bonds. The third-order valence-electron chi connectivity index (χ3n) is 14.8. The SMILES string of the molecule is CCCCCCCCCC/C=C\CCCCCCCCCCCCCCCCCC(=O)OC(CO)COC(=O)CCCCCCCCCCCCCCCCCCCCCCCCCCCCCC. The number of esters is 2. The predicted molar refractivity (Wildman–Crippen MR) is 302 cm³/mol. The van der Waals surface area contributed by atoms with Gasteiger partial charge in [-0.1, -0.05) is 328 Å². The molecule has 0 saturated carbocycles. The summed E-state index contributed by atoms with van der Waals surface area (Å²) in [6.07, 6.45) is 76.5. The first-order chi connectivity index (χ1) is 34.1. The van der Waals surface area contributed by atoms with Crippen LogP contribution in [0.5, 0.6) is 0 Å². The molecule has 1 unspecified atom stereocenters. The summed E-state index contributed by atoms with van der Waals surface area (Å²) in [6.45, 7) is 4.21. The molecule has 1 N–H and O–H groups in total. The summed E-state index contributed by atoms with van der Waals surface area (Å²) in [7, 11) is 0. The van der Waals surface area contributed by atoms with Gasteiger partial charge in [0.2, 0.25) is 0 Å². The van der Waals surface area contributed by atoms with Crippen LogP contribution in [0.4, 0.5) is 0 Å². The molecule has 0 heterocycles. The van der Waals surface area contributed by atoms with Crippen LogP contribution < -0.4 is 0 Å². The lowest BCUT2D eigenvalue weighted by atomic mass is 10.0. The maximum Gasteiger partial charge on any atom is 0.306 e. The molecule has 0 bridgehead atoms. The van der Waals surface area contributed by atoms with Gasteiger partial charge in [-0.2, -0.15) is 0 Å². The fourth-order valence-electron chi connectivity index (χ4n) is 10.0. The number of allylic oxidation sites excluding steroid dienone is 2. The molecule has 0 aromatic rings. The lowest BCUT2D eigenvalue weighted by Crippen LogP contribution is -2.28. The average Bonchev–Trinajstić information content (AvgIpc) is 3.35. The van der Waals surface area contributed by atoms with Crippen molar-refractivity contribution in [2.24, 2.45) is 0 Å². The van der Waals surface area contributed by atoms with Gasteiger partial charge >= 0.3 is 11.9 Å². The number of aliphatic hydroxyl groups is 1. The van der Waals surface area contributed by atoms with Crippen LogP contribution in [0.2, 0.25) is 0 Å². The van der Waals surface area contributed by atoms with E-state index in [-0.39, 0.29) is 25.2 Å². The predicted octanol–water partition coefficient (Wildman–Crippen LogP) is 21.5. The Morgan fingerprint density at radius 2 is 0.536 bits per heavy atom. The Balaban J connectivity index is 3.39. The summed E-state index contributed by atoms with van der Waals surface area (Å²) >= 11 is 0. The van der Waals surface area contributed by atoms with Gasteiger partial charge in [-0.25, -0.2) is 0 Å². The van der Waals surface area contributed by atoms with Crippen LogP contribution in [0.1, 0.15) is 367 Å². The van der Waals surface area contributed by atoms with E-state index in [1.165, 1.54) is 308 Å². The molecule has 1 atom stereocenters. The molecule has 410 valence electrons. The number of ether oxygens (including phenoxy) is 2. The molecule has 69 heavy (non-hydrogen) atoms. The minimum Gasteiger partial charge on any atom is -0.462 e. The highest BCUT2D eigenvalue weighted by Crippen LogP contribution is 2.19. The molecule has 0 aliphatic rings. The van der Waals surface area contributed by atoms with Crippen molar-refractivity contribution in [1.29, 1.82) is 0 Å². The fourth-order valence-corrected chi connectivity index (χ4v) is 10.0. The van der Waals surface area contributed by atoms with E-state index in [4.69, 9.17) is 9.47 Å². The lowest BCUT2D eigenvalue weighted by molar-refractivity contribution is -0.161. The number of hydrogen-bond acceptors (Lipinski definition) is 5. The van der Waals surface area contributed by atoms with Crippen LogP contribution in [0.25, 0.3) is 0 Å². The van der Waals surface area contributed by atoms with Gasteiger partial charge in [0.1, 0.15) is 6.61 Å². The maximum atomic E-state index is 12.3. The Hall–Kier alpha value is -1.36. The molecule has 5 nitrogen and oxygen atoms in total. The molecule has 0 saturated heterocycles. The van der Waals surface area contributed by atoms with E-state index in [2.05, 4.69) is 26.0 Å². The monoisotopic (exact) mass is 973 g/mol. The molecule has 0 rings (SSSR count). The summed E-state index contributed by atoms with van der Waals surface area (Å²) in [5.41, 5.74) is 0. The zero-order valence-electron chi connectivity index (χ0n) is 47.1. The van der Waals surface area contributed by atoms with Crippen molar-refractivity contribution in [3.05, 3.63) is 12.2 Å². The second-order valence-electron chi connectivity index (χ2n) is 21.9. The molecule has 5 heteroatoms. The van der Waals surface area contributed by atoms with Gasteiger partial charge in [-0.05, 0) is 38.5 Å². The van der Waals surface area contributed by atoms with Crippen LogP contribution in [0.15, 0.2) is 12.2 Å². The molecular weight excluding hydrogens is 849 g/mol. The highest BCUT2D eigenvalue weighted by molar-refractivity contribution is 5.70. The smallest absolute Gasteiger partial charge is 0.306 e. The first kappa shape index (κ1) is 67.6. The molecule has 0 radical (unpaired) electrons. The number of carbonyl (C=O) groups excluding carboxylic acids is 2. The van der Waals surface area contributed by atoms with E-state index in [1.54, 1.807) is 0 Å². The normalized spacial score (nSPS) is 12.1. The van der Waals surface area contributed by atoms with Gasteiger partial charge in [0.25, 0.3) is 0 Å². The third kappa shape index (κ3) is 59.1. The minimum absolute atomic E-state index is 0.0574. The first-order valence-electron chi connectivity index (χ1n) is 31.7. The van der Waals surface area contributed by atoms with E-state index in [9.17, 15) is 14.7 Å². The van der Waals surface area contributed by atoms with E-state index in [0.29, 0.717) is 12.8 Å². The number of hydrogen-bond donors (Lipinski definition) is 1. The van der Waals surface area contributed by atoms with Gasteiger partial charge in [0.15, 0.2) is 6.10 Å². The second kappa shape index (κ2) is 60.9. The van der Waals surface area contributed by atoms with Crippen LogP contribution in [0.3, 0.4) is 0 Å². The van der Waals surface area contributed by atoms with Crippen LogP contribution in [-0.2, 0) is 19.1 Å². The standard InChI is InChI=1S/C64H124O5/c1-3-5-7-9-11-13-15-17-19-21-23-25-27-29-31-33-34-36-38-40-42-44-46-48-50-52-54-56-58-63(66)68-61-62(60-65)69-64(67)59-57-55-53-51-49-47-45-43-41-39-37-35-32-30-28-26-24-22-20-18-16-14-12-10-8-6-4-2/h22,24,62,65H,3-21,23,25-61H2,1-2H3/b24-22-. The van der Waals surface area contributed by atoms with Crippen molar-refractivity contribution in [1.82, 2.24) is 0 Å². The Kier molecular flexibility index (Phi) is 59.7. The van der Waals surface area contributed by atoms with Crippen molar-refractivity contribution in [2.45, 2.75) is 373 Å². The second-order valence-corrected chi connectivity index (χ2v) is 21.9. The Morgan fingerprint density at radius 3 is 0.783 bits per heavy atom. The molecule has 0 spiro atoms. The number of carbonyl (C=O) groups is 2. The number of aliphatic hydroxyl groups excluding tert-OH is 1. The summed E-state index contributed by atoms with van der Waals surface area (Å²) in [5, 5.41) is 9.68. The highest BCUT2D eigenvalue weighted by Gasteiger charge is 2.16. The van der Waals surface area contributed by atoms with E-state index >= 15 is 0 Å². The first-order valence-corrected chi connectivity index (χ1v) is 31.7. The van der Waals surface area contributed by atoms with Crippen molar-refractivity contribution in [2.75, 3.05) is 13.2 Å². The van der Waals surface area contributed by atoms with Gasteiger partial charge in [0, 0.05) is 12.8 Å². The summed E-state index contributed by atoms with van der Waals surface area (Å²) in [4.78, 5) is 24.6. The van der Waals surface area contributed by atoms with Crippen LogP contribution >= 0.6 is 0 Å². The summed E-state index contributed by atoms with van der Waals surface area (Å²) in [5.74, 6) is -0.564. The van der Waals surface area contributed by atoms with Crippen molar-refractivity contribution >= 4 is 11.9 Å². The number of unbranched alkanes of at least 4 members (excludes halogenated alkanes) is 50. The fraction of sp³-hybridized carbons (Fsp3) is 0.938. The van der Waals surface area contributed by atoms with Gasteiger partial charge in [-0.3, -0.25) is 9.59 Å². The molecule has 0 aromatic heterocycles. The quantitative estimate of drug-likeness (QED) is 0.0373. The molecule has 0 aromatic carbocycles. The zero-order chi connectivity index (χ0) is 49.9. The molecular formula is C64H124O5. The zero-order valence-corrected chi connectivity index (χ0v) is 47.1. The topological polar surface area (TPSA) is 72.8 Å². The molecule has 0 aliphatic carbocycles. The minimum atomic E-state index is -0.767. The van der Waals surface area contributed by atoms with Crippen LogP contribution in [-0.4, -0.2) is 36.4 Å². The van der Waals surface area contributed by atoms with E-state index < -0.39 is 6.10 Å². The summed E-state index contributed by atoms with van der Waals surface area (Å²) in [6, 6.07) is 0. The largest absolute Gasteiger partial charge is 0.462 e. The Bertz CT molecular complexity index is 1010. The van der Waals surface area contributed by atoms with E-state index in [0.717, 1.165) is 32.1 Å². The van der Waals surface area contributed by atoms with Crippen LogP contribution in [0, 0.1) is 0 Å². The van der Waals surface area contributed by atoms with Crippen molar-refractivity contribution < 1.29 is 24.2 Å². The van der Waals surface area contributed by atoms with E-state index in [1.807, 2.05) is 0 Å². The highest BCUT2D eigenvalue weighted by atomic mass is 16.6. The Labute approximate surface area is 432 Å². The lowest BCUT2D eigenvalue weighted by Gasteiger charge is -2.15. The van der Waals surface area contributed by atoms with Crippen molar-refractivity contribution in [3.63, 3.8) is 0 Å². The van der Waals surface area contributed by atoms with Gasteiger partial charge < -0.3 is 14.6 Å². The number of rotatable bonds is 60.